The number of aromatic nitrogens is 2. The Bertz CT molecular complexity index is 1220. The lowest BCUT2D eigenvalue weighted by molar-refractivity contribution is -0.274. The number of amides is 1. The summed E-state index contributed by atoms with van der Waals surface area (Å²) in [5.41, 5.74) is 2.78. The molecule has 11 heteroatoms. The van der Waals surface area contributed by atoms with Gasteiger partial charge in [0.05, 0.1) is 24.5 Å². The van der Waals surface area contributed by atoms with Crippen molar-refractivity contribution in [2.75, 3.05) is 62.3 Å². The van der Waals surface area contributed by atoms with E-state index in [1.807, 2.05) is 23.1 Å². The Morgan fingerprint density at radius 3 is 2.27 bits per heavy atom. The molecule has 37 heavy (non-hydrogen) atoms. The quantitative estimate of drug-likeness (QED) is 0.514. The summed E-state index contributed by atoms with van der Waals surface area (Å²) in [5, 5.41) is 0. The number of ether oxygens (including phenoxy) is 2. The van der Waals surface area contributed by atoms with Crippen LogP contribution in [0.4, 0.5) is 24.8 Å². The van der Waals surface area contributed by atoms with Gasteiger partial charge < -0.3 is 24.2 Å². The molecule has 5 rings (SSSR count). The highest BCUT2D eigenvalue weighted by Crippen LogP contribution is 2.28. The van der Waals surface area contributed by atoms with Crippen LogP contribution in [0.1, 0.15) is 10.4 Å². The number of anilines is 2. The molecule has 2 aromatic carbocycles. The molecule has 0 saturated carbocycles. The van der Waals surface area contributed by atoms with Gasteiger partial charge in [-0.15, -0.1) is 13.2 Å². The minimum absolute atomic E-state index is 0.118. The Hall–Kier alpha value is -3.86. The number of nitrogens with zero attached hydrogens (tertiary/aromatic N) is 5. The average Bonchev–Trinajstić information content (AvgIpc) is 2.93. The molecular formula is C26H26F3N5O3. The zero-order valence-corrected chi connectivity index (χ0v) is 20.0. The number of hydrogen-bond donors (Lipinski definition) is 0. The van der Waals surface area contributed by atoms with Crippen molar-refractivity contribution < 1.29 is 27.4 Å². The number of carbonyl (C=O) groups is 1. The Morgan fingerprint density at radius 1 is 0.865 bits per heavy atom. The van der Waals surface area contributed by atoms with Crippen molar-refractivity contribution in [3.63, 3.8) is 0 Å². The van der Waals surface area contributed by atoms with E-state index in [-0.39, 0.29) is 5.56 Å². The highest BCUT2D eigenvalue weighted by atomic mass is 19.4. The number of carbonyl (C=O) groups excluding carboxylic acids is 1. The molecule has 0 radical (unpaired) electrons. The number of halogens is 3. The normalized spacial score (nSPS) is 16.6. The van der Waals surface area contributed by atoms with E-state index in [0.717, 1.165) is 49.3 Å². The molecule has 2 aliphatic heterocycles. The molecule has 2 aliphatic rings. The van der Waals surface area contributed by atoms with E-state index in [4.69, 9.17) is 9.72 Å². The summed E-state index contributed by atoms with van der Waals surface area (Å²) in [5.74, 6) is -0.463. The molecule has 0 aliphatic carbocycles. The molecule has 1 aromatic heterocycles. The van der Waals surface area contributed by atoms with Crippen molar-refractivity contribution in [3.8, 4) is 17.0 Å². The summed E-state index contributed by atoms with van der Waals surface area (Å²) < 4.78 is 47.7. The summed E-state index contributed by atoms with van der Waals surface area (Å²) in [4.78, 5) is 27.8. The fourth-order valence-corrected chi connectivity index (χ4v) is 4.46. The third-order valence-electron chi connectivity index (χ3n) is 6.38. The van der Waals surface area contributed by atoms with E-state index in [0.29, 0.717) is 32.1 Å². The van der Waals surface area contributed by atoms with E-state index in [1.54, 1.807) is 6.20 Å². The van der Waals surface area contributed by atoms with Gasteiger partial charge in [-0.05, 0) is 30.3 Å². The van der Waals surface area contributed by atoms with Gasteiger partial charge in [0.1, 0.15) is 5.75 Å². The van der Waals surface area contributed by atoms with Gasteiger partial charge >= 0.3 is 6.36 Å². The fourth-order valence-electron chi connectivity index (χ4n) is 4.46. The average molecular weight is 514 g/mol. The molecule has 8 nitrogen and oxygen atoms in total. The van der Waals surface area contributed by atoms with Gasteiger partial charge in [-0.3, -0.25) is 4.79 Å². The van der Waals surface area contributed by atoms with Crippen molar-refractivity contribution in [2.45, 2.75) is 6.36 Å². The lowest BCUT2D eigenvalue weighted by Gasteiger charge is -2.35. The third-order valence-corrected chi connectivity index (χ3v) is 6.38. The lowest BCUT2D eigenvalue weighted by Crippen LogP contribution is -2.49. The van der Waals surface area contributed by atoms with E-state index in [1.165, 1.54) is 23.1 Å². The second-order valence-corrected chi connectivity index (χ2v) is 8.71. The van der Waals surface area contributed by atoms with Crippen molar-refractivity contribution >= 4 is 17.5 Å². The first-order chi connectivity index (χ1) is 17.9. The van der Waals surface area contributed by atoms with Gasteiger partial charge in [-0.2, -0.15) is 0 Å². The molecular weight excluding hydrogens is 487 g/mol. The molecule has 0 bridgehead atoms. The Labute approximate surface area is 212 Å². The van der Waals surface area contributed by atoms with Crippen LogP contribution >= 0.6 is 0 Å². The third kappa shape index (κ3) is 5.93. The van der Waals surface area contributed by atoms with Crippen molar-refractivity contribution in [1.29, 1.82) is 0 Å². The molecule has 3 aromatic rings. The van der Waals surface area contributed by atoms with Crippen molar-refractivity contribution in [1.82, 2.24) is 14.9 Å². The maximum absolute atomic E-state index is 12.9. The first-order valence-electron chi connectivity index (χ1n) is 12.0. The number of morpholine rings is 1. The number of benzene rings is 2. The number of piperazine rings is 1. The number of hydrogen-bond acceptors (Lipinski definition) is 7. The van der Waals surface area contributed by atoms with Gasteiger partial charge in [0, 0.05) is 56.7 Å². The number of rotatable bonds is 5. The van der Waals surface area contributed by atoms with Gasteiger partial charge in [0.25, 0.3) is 5.91 Å². The highest BCUT2D eigenvalue weighted by molar-refractivity contribution is 5.97. The summed E-state index contributed by atoms with van der Waals surface area (Å²) in [6, 6.07) is 15.5. The van der Waals surface area contributed by atoms with Gasteiger partial charge in [0.2, 0.25) is 5.95 Å². The van der Waals surface area contributed by atoms with Crippen LogP contribution < -0.4 is 14.5 Å². The lowest BCUT2D eigenvalue weighted by atomic mass is 10.1. The Kier molecular flexibility index (Phi) is 7.13. The van der Waals surface area contributed by atoms with Gasteiger partial charge in [-0.1, -0.05) is 24.3 Å². The predicted octanol–water partition coefficient (Wildman–Crippen LogP) is 3.84. The smallest absolute Gasteiger partial charge is 0.405 e. The largest absolute Gasteiger partial charge is 0.573 e. The van der Waals surface area contributed by atoms with E-state index in [2.05, 4.69) is 26.8 Å². The number of para-hydroxylation sites is 1. The minimum Gasteiger partial charge on any atom is -0.405 e. The van der Waals surface area contributed by atoms with Crippen LogP contribution in [-0.2, 0) is 4.74 Å². The molecule has 0 atom stereocenters. The van der Waals surface area contributed by atoms with Crippen molar-refractivity contribution in [2.24, 2.45) is 0 Å². The molecule has 3 heterocycles. The van der Waals surface area contributed by atoms with Crippen LogP contribution in [0.3, 0.4) is 0 Å². The maximum Gasteiger partial charge on any atom is 0.573 e. The molecule has 1 amide bonds. The summed E-state index contributed by atoms with van der Waals surface area (Å²) >= 11 is 0. The topological polar surface area (TPSA) is 71.0 Å². The Balaban J connectivity index is 1.23. The van der Waals surface area contributed by atoms with Crippen LogP contribution in [0.15, 0.2) is 60.8 Å². The fraction of sp³-hybridized carbons (Fsp3) is 0.346. The standard InChI is InChI=1S/C26H26F3N5O3/c27-26(28,29)37-23-4-2-1-3-21(23)24(35)33-11-13-34(14-12-33)25-30-10-9-22(31-25)19-5-7-20(8-6-19)32-15-17-36-18-16-32/h1-10H,11-18H2. The van der Waals surface area contributed by atoms with Crippen LogP contribution in [0, 0.1) is 0 Å². The van der Waals surface area contributed by atoms with Crippen molar-refractivity contribution in [3.05, 3.63) is 66.4 Å². The summed E-state index contributed by atoms with van der Waals surface area (Å²) in [6.07, 6.45) is -3.17. The van der Waals surface area contributed by atoms with Crippen LogP contribution in [-0.4, -0.2) is 79.6 Å². The molecule has 0 spiro atoms. The summed E-state index contributed by atoms with van der Waals surface area (Å²) in [6.45, 7) is 4.73. The van der Waals surface area contributed by atoms with E-state index in [9.17, 15) is 18.0 Å². The highest BCUT2D eigenvalue weighted by Gasteiger charge is 2.34. The predicted molar refractivity (Wildman–Crippen MR) is 132 cm³/mol. The first kappa shape index (κ1) is 24.8. The monoisotopic (exact) mass is 513 g/mol. The van der Waals surface area contributed by atoms with Crippen LogP contribution in [0.2, 0.25) is 0 Å². The maximum atomic E-state index is 12.9. The van der Waals surface area contributed by atoms with E-state index >= 15 is 0 Å². The molecule has 194 valence electrons. The minimum atomic E-state index is -4.87. The second kappa shape index (κ2) is 10.6. The Morgan fingerprint density at radius 2 is 1.57 bits per heavy atom. The SMILES string of the molecule is O=C(c1ccccc1OC(F)(F)F)N1CCN(c2nccc(-c3ccc(N4CCOCC4)cc3)n2)CC1. The van der Waals surface area contributed by atoms with Gasteiger partial charge in [0.15, 0.2) is 0 Å². The zero-order chi connectivity index (χ0) is 25.8. The van der Waals surface area contributed by atoms with Crippen LogP contribution in [0.25, 0.3) is 11.3 Å². The zero-order valence-electron chi connectivity index (χ0n) is 20.0. The molecule has 2 fully saturated rings. The van der Waals surface area contributed by atoms with Crippen LogP contribution in [0.5, 0.6) is 5.75 Å². The number of alkyl halides is 3. The first-order valence-corrected chi connectivity index (χ1v) is 12.0. The molecule has 2 saturated heterocycles. The second-order valence-electron chi connectivity index (χ2n) is 8.71. The van der Waals surface area contributed by atoms with Gasteiger partial charge in [-0.25, -0.2) is 9.97 Å². The molecule has 0 N–H and O–H groups in total. The summed E-state index contributed by atoms with van der Waals surface area (Å²) in [7, 11) is 0. The van der Waals surface area contributed by atoms with E-state index < -0.39 is 18.0 Å². The molecule has 0 unspecified atom stereocenters.